The van der Waals surface area contributed by atoms with Crippen LogP contribution in [0.2, 0.25) is 0 Å². The van der Waals surface area contributed by atoms with Crippen molar-refractivity contribution >= 4 is 24.7 Å². The lowest BCUT2D eigenvalue weighted by atomic mass is 9.88. The predicted molar refractivity (Wildman–Crippen MR) is 135 cm³/mol. The SMILES string of the molecule is CCC[C@@H]1C[C@H](n2c(=O)c(C(=O)NP(=O)(O)O)nc3ccccc32)CCN1C1CCCCCCC1. The van der Waals surface area contributed by atoms with Crippen molar-refractivity contribution in [3.05, 3.63) is 40.3 Å². The number of aromatic nitrogens is 2. The first-order valence-corrected chi connectivity index (χ1v) is 14.5. The summed E-state index contributed by atoms with van der Waals surface area (Å²) in [5, 5.41) is 1.60. The summed E-state index contributed by atoms with van der Waals surface area (Å²) < 4.78 is 13.0. The van der Waals surface area contributed by atoms with Crippen molar-refractivity contribution < 1.29 is 19.1 Å². The highest BCUT2D eigenvalue weighted by molar-refractivity contribution is 7.50. The summed E-state index contributed by atoms with van der Waals surface area (Å²) in [4.78, 5) is 51.3. The quantitative estimate of drug-likeness (QED) is 0.505. The monoisotopic (exact) mass is 504 g/mol. The van der Waals surface area contributed by atoms with E-state index in [9.17, 15) is 23.9 Å². The van der Waals surface area contributed by atoms with Gasteiger partial charge in [0.2, 0.25) is 0 Å². The fraction of sp³-hybridized carbons (Fsp3) is 0.640. The minimum absolute atomic E-state index is 0.113. The lowest BCUT2D eigenvalue weighted by molar-refractivity contribution is 0.0522. The molecular formula is C25H37N4O5P. The molecule has 1 aliphatic heterocycles. The number of benzene rings is 1. The predicted octanol–water partition coefficient (Wildman–Crippen LogP) is 4.14. The van der Waals surface area contributed by atoms with Crippen LogP contribution >= 0.6 is 7.75 Å². The maximum atomic E-state index is 13.5. The van der Waals surface area contributed by atoms with Gasteiger partial charge >= 0.3 is 7.75 Å². The number of carbonyl (C=O) groups is 1. The van der Waals surface area contributed by atoms with Crippen LogP contribution in [0.4, 0.5) is 0 Å². The highest BCUT2D eigenvalue weighted by atomic mass is 31.2. The zero-order valence-corrected chi connectivity index (χ0v) is 21.3. The third-order valence-corrected chi connectivity index (χ3v) is 8.02. The van der Waals surface area contributed by atoms with E-state index in [0.717, 1.165) is 32.2 Å². The molecule has 1 saturated heterocycles. The lowest BCUT2D eigenvalue weighted by Gasteiger charge is -2.45. The van der Waals surface area contributed by atoms with Gasteiger partial charge in [0.15, 0.2) is 5.69 Å². The summed E-state index contributed by atoms with van der Waals surface area (Å²) in [5.41, 5.74) is 0.0122. The molecule has 0 unspecified atom stereocenters. The van der Waals surface area contributed by atoms with Crippen LogP contribution in [0.3, 0.4) is 0 Å². The van der Waals surface area contributed by atoms with E-state index in [1.807, 2.05) is 12.1 Å². The summed E-state index contributed by atoms with van der Waals surface area (Å²) in [6.45, 7) is 3.09. The van der Waals surface area contributed by atoms with Crippen LogP contribution in [-0.4, -0.2) is 48.8 Å². The molecule has 2 fully saturated rings. The van der Waals surface area contributed by atoms with Gasteiger partial charge in [0, 0.05) is 24.7 Å². The number of para-hydroxylation sites is 2. The Bertz CT molecular complexity index is 1140. The van der Waals surface area contributed by atoms with Gasteiger partial charge in [-0.1, -0.05) is 57.6 Å². The molecule has 2 aromatic rings. The van der Waals surface area contributed by atoms with Crippen molar-refractivity contribution in [2.75, 3.05) is 6.54 Å². The van der Waals surface area contributed by atoms with Gasteiger partial charge in [-0.05, 0) is 44.2 Å². The van der Waals surface area contributed by atoms with Gasteiger partial charge in [-0.3, -0.25) is 19.6 Å². The topological polar surface area (TPSA) is 125 Å². The van der Waals surface area contributed by atoms with Gasteiger partial charge in [0.25, 0.3) is 11.5 Å². The Balaban J connectivity index is 1.68. The first-order valence-electron chi connectivity index (χ1n) is 12.9. The first kappa shape index (κ1) is 26.0. The summed E-state index contributed by atoms with van der Waals surface area (Å²) in [7, 11) is -4.86. The van der Waals surface area contributed by atoms with E-state index in [4.69, 9.17) is 0 Å². The van der Waals surface area contributed by atoms with E-state index in [2.05, 4.69) is 16.8 Å². The van der Waals surface area contributed by atoms with Crippen molar-refractivity contribution in [3.63, 3.8) is 0 Å². The third kappa shape index (κ3) is 6.20. The van der Waals surface area contributed by atoms with Crippen molar-refractivity contribution in [1.29, 1.82) is 0 Å². The van der Waals surface area contributed by atoms with Crippen LogP contribution in [0, 0.1) is 0 Å². The van der Waals surface area contributed by atoms with E-state index in [-0.39, 0.29) is 6.04 Å². The second kappa shape index (κ2) is 11.3. The lowest BCUT2D eigenvalue weighted by Crippen LogP contribution is -2.50. The average molecular weight is 505 g/mol. The number of rotatable bonds is 6. The molecule has 4 rings (SSSR count). The van der Waals surface area contributed by atoms with Crippen molar-refractivity contribution in [3.8, 4) is 0 Å². The minimum atomic E-state index is -4.86. The number of amides is 1. The van der Waals surface area contributed by atoms with Crippen LogP contribution in [0.25, 0.3) is 11.0 Å². The number of hydrogen-bond donors (Lipinski definition) is 3. The fourth-order valence-electron chi connectivity index (χ4n) is 6.00. The standard InChI is InChI=1S/C25H37N4O5P/c1-2-10-19-17-20(15-16-28(19)18-11-6-4-3-5-7-12-18)29-22-14-9-8-13-21(22)26-23(25(29)31)24(30)27-35(32,33)34/h8-9,13-14,18-20H,2-7,10-12,15-17H2,1H3,(H3,27,30,32,33,34)/t19-,20-/m1/s1. The molecule has 3 N–H and O–H groups in total. The van der Waals surface area contributed by atoms with Crippen molar-refractivity contribution in [2.45, 2.75) is 95.7 Å². The van der Waals surface area contributed by atoms with Gasteiger partial charge in [0.05, 0.1) is 11.0 Å². The van der Waals surface area contributed by atoms with Crippen LogP contribution in [0.5, 0.6) is 0 Å². The molecule has 1 aromatic carbocycles. The summed E-state index contributed by atoms with van der Waals surface area (Å²) in [6, 6.07) is 7.97. The molecule has 2 atom stereocenters. The molecule has 1 aliphatic carbocycles. The summed E-state index contributed by atoms with van der Waals surface area (Å²) in [6.07, 6.45) is 12.7. The molecule has 0 spiro atoms. The van der Waals surface area contributed by atoms with Crippen LogP contribution in [-0.2, 0) is 4.57 Å². The van der Waals surface area contributed by atoms with E-state index in [1.165, 1.54) is 44.9 Å². The Morgan fingerprint density at radius 1 is 1.09 bits per heavy atom. The van der Waals surface area contributed by atoms with Gasteiger partial charge in [-0.15, -0.1) is 0 Å². The third-order valence-electron chi connectivity index (χ3n) is 7.52. The smallest absolute Gasteiger partial charge is 0.308 e. The number of hydrogen-bond acceptors (Lipinski definition) is 5. The largest absolute Gasteiger partial charge is 0.430 e. The van der Waals surface area contributed by atoms with Gasteiger partial charge in [-0.2, -0.15) is 0 Å². The van der Waals surface area contributed by atoms with E-state index in [1.54, 1.807) is 21.8 Å². The molecule has 2 heterocycles. The molecule has 10 heteroatoms. The molecule has 35 heavy (non-hydrogen) atoms. The number of likely N-dealkylation sites (tertiary alicyclic amines) is 1. The highest BCUT2D eigenvalue weighted by Gasteiger charge is 2.35. The number of fused-ring (bicyclic) bond motifs is 1. The number of nitrogens with zero attached hydrogens (tertiary/aromatic N) is 3. The van der Waals surface area contributed by atoms with Gasteiger partial charge < -0.3 is 14.4 Å². The minimum Gasteiger partial charge on any atom is -0.308 e. The van der Waals surface area contributed by atoms with Crippen molar-refractivity contribution in [2.24, 2.45) is 0 Å². The molecule has 1 saturated carbocycles. The zero-order valence-electron chi connectivity index (χ0n) is 20.4. The highest BCUT2D eigenvalue weighted by Crippen LogP contribution is 2.35. The Morgan fingerprint density at radius 2 is 1.77 bits per heavy atom. The summed E-state index contributed by atoms with van der Waals surface area (Å²) in [5.74, 6) is -1.15. The fourth-order valence-corrected chi connectivity index (χ4v) is 6.37. The number of piperidine rings is 1. The Labute approximate surface area is 206 Å². The molecule has 0 radical (unpaired) electrons. The molecule has 2 aliphatic rings. The summed E-state index contributed by atoms with van der Waals surface area (Å²) >= 11 is 0. The molecule has 9 nitrogen and oxygen atoms in total. The second-order valence-corrected chi connectivity index (χ2v) is 11.3. The Hall–Kier alpha value is -2.06. The molecule has 1 aromatic heterocycles. The van der Waals surface area contributed by atoms with E-state index in [0.29, 0.717) is 23.1 Å². The second-order valence-electron chi connectivity index (χ2n) is 9.97. The maximum absolute atomic E-state index is 13.5. The van der Waals surface area contributed by atoms with Crippen LogP contribution < -0.4 is 10.6 Å². The number of carbonyl (C=O) groups excluding carboxylic acids is 1. The maximum Gasteiger partial charge on any atom is 0.430 e. The van der Waals surface area contributed by atoms with Gasteiger partial charge in [0.1, 0.15) is 0 Å². The number of nitrogens with one attached hydrogen (secondary N) is 1. The normalized spacial score (nSPS) is 23.1. The molecule has 0 bridgehead atoms. The molecule has 1 amide bonds. The zero-order chi connectivity index (χ0) is 25.0. The average Bonchev–Trinajstić information content (AvgIpc) is 2.78. The van der Waals surface area contributed by atoms with Crippen molar-refractivity contribution in [1.82, 2.24) is 19.5 Å². The molecule has 192 valence electrons. The molecular weight excluding hydrogens is 467 g/mol. The van der Waals surface area contributed by atoms with E-state index >= 15 is 0 Å². The van der Waals surface area contributed by atoms with Gasteiger partial charge in [-0.25, -0.2) is 9.55 Å². The Morgan fingerprint density at radius 3 is 2.46 bits per heavy atom. The van der Waals surface area contributed by atoms with Crippen LogP contribution in [0.15, 0.2) is 29.1 Å². The van der Waals surface area contributed by atoms with Crippen LogP contribution in [0.1, 0.15) is 94.1 Å². The van der Waals surface area contributed by atoms with E-state index < -0.39 is 24.9 Å². The first-order chi connectivity index (χ1) is 16.8. The Kier molecular flexibility index (Phi) is 8.42.